The van der Waals surface area contributed by atoms with Gasteiger partial charge < -0.3 is 4.74 Å². The number of amides is 1. The molecule has 0 atom stereocenters. The van der Waals surface area contributed by atoms with Crippen LogP contribution in [0.25, 0.3) is 5.70 Å². The fourth-order valence-corrected chi connectivity index (χ4v) is 3.51. The van der Waals surface area contributed by atoms with Crippen LogP contribution in [0.5, 0.6) is 0 Å². The van der Waals surface area contributed by atoms with Gasteiger partial charge in [0.25, 0.3) is 0 Å². The zero-order valence-corrected chi connectivity index (χ0v) is 14.3. The largest absolute Gasteiger partial charge is 0.443 e. The molecule has 1 spiro atoms. The van der Waals surface area contributed by atoms with Gasteiger partial charge >= 0.3 is 6.09 Å². The lowest BCUT2D eigenvalue weighted by molar-refractivity contribution is -0.146. The average molecular weight is 335 g/mol. The van der Waals surface area contributed by atoms with E-state index in [9.17, 15) is 13.6 Å². The van der Waals surface area contributed by atoms with Crippen LogP contribution in [-0.4, -0.2) is 29.1 Å². The maximum atomic E-state index is 13.4. The molecule has 1 aliphatic carbocycles. The Bertz CT molecular complexity index is 654. The van der Waals surface area contributed by atoms with Crippen molar-refractivity contribution in [1.82, 2.24) is 4.90 Å². The van der Waals surface area contributed by atoms with Gasteiger partial charge in [0.15, 0.2) is 0 Å². The van der Waals surface area contributed by atoms with E-state index in [1.807, 2.05) is 57.2 Å². The van der Waals surface area contributed by atoms with Crippen molar-refractivity contribution in [2.75, 3.05) is 6.54 Å². The maximum Gasteiger partial charge on any atom is 0.414 e. The molecule has 0 bridgehead atoms. The number of hydrogen-bond acceptors (Lipinski definition) is 2. The summed E-state index contributed by atoms with van der Waals surface area (Å²) < 4.78 is 32.4. The number of rotatable bonds is 1. The van der Waals surface area contributed by atoms with E-state index >= 15 is 0 Å². The van der Waals surface area contributed by atoms with Crippen LogP contribution in [0.15, 0.2) is 36.4 Å². The molecule has 0 radical (unpaired) electrons. The molecule has 1 aromatic rings. The summed E-state index contributed by atoms with van der Waals surface area (Å²) in [4.78, 5) is 14.1. The molecule has 1 fully saturated rings. The highest BCUT2D eigenvalue weighted by Gasteiger charge is 2.56. The Morgan fingerprint density at radius 3 is 2.33 bits per heavy atom. The van der Waals surface area contributed by atoms with E-state index in [0.29, 0.717) is 18.7 Å². The van der Waals surface area contributed by atoms with Crippen LogP contribution in [0, 0.1) is 5.41 Å². The quantitative estimate of drug-likeness (QED) is 0.716. The van der Waals surface area contributed by atoms with Crippen molar-refractivity contribution >= 4 is 11.8 Å². The minimum atomic E-state index is -2.59. The Balaban J connectivity index is 1.92. The van der Waals surface area contributed by atoms with Crippen LogP contribution in [-0.2, 0) is 4.74 Å². The Morgan fingerprint density at radius 2 is 1.79 bits per heavy atom. The van der Waals surface area contributed by atoms with Gasteiger partial charge in [-0.1, -0.05) is 36.4 Å². The molecule has 0 saturated heterocycles. The molecule has 1 aliphatic heterocycles. The van der Waals surface area contributed by atoms with Crippen molar-refractivity contribution < 1.29 is 18.3 Å². The molecule has 3 rings (SSSR count). The molecule has 1 aromatic carbocycles. The lowest BCUT2D eigenvalue weighted by atomic mass is 9.62. The summed E-state index contributed by atoms with van der Waals surface area (Å²) in [7, 11) is 0. The molecule has 1 heterocycles. The second-order valence-corrected chi connectivity index (χ2v) is 7.85. The number of carbonyl (C=O) groups is 1. The lowest BCUT2D eigenvalue weighted by Crippen LogP contribution is -2.50. The zero-order valence-electron chi connectivity index (χ0n) is 14.3. The Hall–Kier alpha value is -1.91. The van der Waals surface area contributed by atoms with Crippen molar-refractivity contribution in [2.24, 2.45) is 5.41 Å². The summed E-state index contributed by atoms with van der Waals surface area (Å²) in [5, 5.41) is 0. The summed E-state index contributed by atoms with van der Waals surface area (Å²) in [6.07, 6.45) is 1.68. The highest BCUT2D eigenvalue weighted by molar-refractivity contribution is 5.83. The van der Waals surface area contributed by atoms with Crippen LogP contribution in [0.3, 0.4) is 0 Å². The Morgan fingerprint density at radius 1 is 1.17 bits per heavy atom. The van der Waals surface area contributed by atoms with Crippen molar-refractivity contribution in [2.45, 2.75) is 51.6 Å². The Labute approximate surface area is 141 Å². The van der Waals surface area contributed by atoms with Gasteiger partial charge in [-0.25, -0.2) is 13.6 Å². The predicted molar refractivity (Wildman–Crippen MR) is 88.6 cm³/mol. The lowest BCUT2D eigenvalue weighted by Gasteiger charge is -2.49. The zero-order chi connectivity index (χ0) is 17.6. The third-order valence-corrected chi connectivity index (χ3v) is 4.47. The van der Waals surface area contributed by atoms with E-state index in [1.165, 1.54) is 0 Å². The van der Waals surface area contributed by atoms with Crippen molar-refractivity contribution in [3.63, 3.8) is 0 Å². The normalized spacial score (nSPS) is 21.9. The summed E-state index contributed by atoms with van der Waals surface area (Å²) in [5.41, 5.74) is 0.411. The molecule has 5 heteroatoms. The minimum absolute atomic E-state index is 0.140. The van der Waals surface area contributed by atoms with Crippen molar-refractivity contribution in [3.8, 4) is 0 Å². The standard InChI is InChI=1S/C19H23F2NO2/c1-17(2,3)24-16(23)22-10-9-18(12-19(20,21)13-18)11-15(22)14-7-5-4-6-8-14/h4-8,11H,9-10,12-13H2,1-3H3. The van der Waals surface area contributed by atoms with E-state index in [-0.39, 0.29) is 12.8 Å². The molecule has 0 unspecified atom stereocenters. The fraction of sp³-hybridized carbons (Fsp3) is 0.526. The van der Waals surface area contributed by atoms with E-state index in [0.717, 1.165) is 5.56 Å². The number of carbonyl (C=O) groups excluding carboxylic acids is 1. The predicted octanol–water partition coefficient (Wildman–Crippen LogP) is 5.08. The smallest absolute Gasteiger partial charge is 0.414 e. The number of allylic oxidation sites excluding steroid dienone is 1. The number of alkyl halides is 2. The number of benzene rings is 1. The topological polar surface area (TPSA) is 29.5 Å². The van der Waals surface area contributed by atoms with Gasteiger partial charge in [0.2, 0.25) is 5.92 Å². The fourth-order valence-electron chi connectivity index (χ4n) is 3.51. The minimum Gasteiger partial charge on any atom is -0.443 e. The first-order valence-corrected chi connectivity index (χ1v) is 8.26. The van der Waals surface area contributed by atoms with Gasteiger partial charge in [-0.3, -0.25) is 4.90 Å². The summed E-state index contributed by atoms with van der Waals surface area (Å²) in [6, 6.07) is 9.41. The number of hydrogen-bond donors (Lipinski definition) is 0. The first-order valence-electron chi connectivity index (χ1n) is 8.26. The molecule has 1 amide bonds. The van der Waals surface area contributed by atoms with E-state index in [4.69, 9.17) is 4.74 Å². The monoisotopic (exact) mass is 335 g/mol. The van der Waals surface area contributed by atoms with Crippen molar-refractivity contribution in [3.05, 3.63) is 42.0 Å². The molecule has 24 heavy (non-hydrogen) atoms. The van der Waals surface area contributed by atoms with Gasteiger partial charge in [0, 0.05) is 24.8 Å². The van der Waals surface area contributed by atoms with E-state index in [2.05, 4.69) is 0 Å². The second-order valence-electron chi connectivity index (χ2n) is 7.85. The van der Waals surface area contributed by atoms with Gasteiger partial charge in [-0.15, -0.1) is 0 Å². The van der Waals surface area contributed by atoms with Crippen LogP contribution in [0.2, 0.25) is 0 Å². The number of halogens is 2. The van der Waals surface area contributed by atoms with Gasteiger partial charge in [0.05, 0.1) is 5.70 Å². The van der Waals surface area contributed by atoms with Gasteiger partial charge in [0.1, 0.15) is 5.60 Å². The number of nitrogens with zero attached hydrogens (tertiary/aromatic N) is 1. The molecule has 1 saturated carbocycles. The second kappa shape index (κ2) is 5.57. The molecular weight excluding hydrogens is 312 g/mol. The molecular formula is C19H23F2NO2. The molecule has 3 nitrogen and oxygen atoms in total. The van der Waals surface area contributed by atoms with Crippen molar-refractivity contribution in [1.29, 1.82) is 0 Å². The number of ether oxygens (including phenoxy) is 1. The molecule has 130 valence electrons. The van der Waals surface area contributed by atoms with Gasteiger partial charge in [-0.05, 0) is 32.8 Å². The maximum absolute atomic E-state index is 13.4. The first kappa shape index (κ1) is 16.9. The molecule has 2 aliphatic rings. The SMILES string of the molecule is CC(C)(C)OC(=O)N1CCC2(C=C1c1ccccc1)CC(F)(F)C2. The average Bonchev–Trinajstić information content (AvgIpc) is 2.44. The van der Waals surface area contributed by atoms with Crippen LogP contribution in [0.1, 0.15) is 45.6 Å². The first-order chi connectivity index (χ1) is 11.1. The van der Waals surface area contributed by atoms with E-state index < -0.39 is 23.0 Å². The van der Waals surface area contributed by atoms with Crippen LogP contribution in [0.4, 0.5) is 13.6 Å². The molecule has 0 N–H and O–H groups in total. The summed E-state index contributed by atoms with van der Waals surface area (Å²) >= 11 is 0. The highest BCUT2D eigenvalue weighted by atomic mass is 19.3. The van der Waals surface area contributed by atoms with E-state index in [1.54, 1.807) is 4.90 Å². The highest BCUT2D eigenvalue weighted by Crippen LogP contribution is 2.57. The van der Waals surface area contributed by atoms with Crippen LogP contribution < -0.4 is 0 Å². The summed E-state index contributed by atoms with van der Waals surface area (Å²) in [5.74, 6) is -2.59. The van der Waals surface area contributed by atoms with Crippen LogP contribution >= 0.6 is 0 Å². The van der Waals surface area contributed by atoms with Gasteiger partial charge in [-0.2, -0.15) is 0 Å². The Kier molecular flexibility index (Phi) is 3.93. The summed E-state index contributed by atoms with van der Waals surface area (Å²) in [6.45, 7) is 5.84. The third-order valence-electron chi connectivity index (χ3n) is 4.47. The third kappa shape index (κ3) is 3.45. The molecule has 0 aromatic heterocycles.